The van der Waals surface area contributed by atoms with Gasteiger partial charge in [-0.3, -0.25) is 4.79 Å². The second-order valence-electron chi connectivity index (χ2n) is 5.21. The summed E-state index contributed by atoms with van der Waals surface area (Å²) in [7, 11) is 0. The minimum Gasteiger partial charge on any atom is -0.356 e. The number of carbonyl (C=O) groups is 1. The molecule has 2 N–H and O–H groups in total. The maximum Gasteiger partial charge on any atom is 0.223 e. The van der Waals surface area contributed by atoms with Gasteiger partial charge in [-0.25, -0.2) is 0 Å². The lowest BCUT2D eigenvalue weighted by Gasteiger charge is -2.23. The van der Waals surface area contributed by atoms with Crippen LogP contribution in [0.25, 0.3) is 0 Å². The Bertz CT molecular complexity index is 218. The molecule has 16 heavy (non-hydrogen) atoms. The van der Waals surface area contributed by atoms with Gasteiger partial charge in [-0.05, 0) is 38.6 Å². The minimum absolute atomic E-state index is 0.299. The largest absolute Gasteiger partial charge is 0.356 e. The van der Waals surface area contributed by atoms with Crippen LogP contribution in [0.4, 0.5) is 0 Å². The summed E-state index contributed by atoms with van der Waals surface area (Å²) >= 11 is 0. The maximum atomic E-state index is 11.8. The molecule has 1 aliphatic heterocycles. The molecule has 0 spiro atoms. The van der Waals surface area contributed by atoms with E-state index < -0.39 is 0 Å². The van der Waals surface area contributed by atoms with Gasteiger partial charge in [-0.15, -0.1) is 0 Å². The van der Waals surface area contributed by atoms with Crippen molar-refractivity contribution in [2.75, 3.05) is 13.1 Å². The molecular formula is C13H24N2O. The van der Waals surface area contributed by atoms with Crippen molar-refractivity contribution >= 4 is 5.91 Å². The first-order valence-electron chi connectivity index (χ1n) is 6.87. The molecule has 0 unspecified atom stereocenters. The predicted octanol–water partition coefficient (Wildman–Crippen LogP) is 1.82. The standard InChI is InChI=1S/C13H24N2O/c16-13(11-5-1-2-6-11)15-10-8-12-7-3-4-9-14-12/h11-12,14H,1-10H2,(H,15,16)/t12-/m1/s1. The van der Waals surface area contributed by atoms with Crippen LogP contribution < -0.4 is 10.6 Å². The van der Waals surface area contributed by atoms with E-state index in [1.54, 1.807) is 0 Å². The molecule has 0 bridgehead atoms. The van der Waals surface area contributed by atoms with E-state index in [-0.39, 0.29) is 0 Å². The van der Waals surface area contributed by atoms with E-state index in [0.29, 0.717) is 17.9 Å². The van der Waals surface area contributed by atoms with Gasteiger partial charge in [0, 0.05) is 18.5 Å². The first-order chi connectivity index (χ1) is 7.86. The third-order valence-electron chi connectivity index (χ3n) is 3.93. The number of rotatable bonds is 4. The second-order valence-corrected chi connectivity index (χ2v) is 5.21. The van der Waals surface area contributed by atoms with Gasteiger partial charge in [0.15, 0.2) is 0 Å². The van der Waals surface area contributed by atoms with Crippen molar-refractivity contribution in [3.63, 3.8) is 0 Å². The molecule has 1 saturated carbocycles. The third-order valence-corrected chi connectivity index (χ3v) is 3.93. The second kappa shape index (κ2) is 6.24. The van der Waals surface area contributed by atoms with Gasteiger partial charge in [-0.2, -0.15) is 0 Å². The smallest absolute Gasteiger partial charge is 0.223 e. The highest BCUT2D eigenvalue weighted by Gasteiger charge is 2.22. The van der Waals surface area contributed by atoms with Crippen molar-refractivity contribution < 1.29 is 4.79 Å². The number of carbonyl (C=O) groups excluding carboxylic acids is 1. The Morgan fingerprint density at radius 2 is 1.88 bits per heavy atom. The van der Waals surface area contributed by atoms with Crippen molar-refractivity contribution in [3.8, 4) is 0 Å². The molecule has 92 valence electrons. The zero-order valence-corrected chi connectivity index (χ0v) is 10.1. The van der Waals surface area contributed by atoms with Gasteiger partial charge >= 0.3 is 0 Å². The fourth-order valence-electron chi connectivity index (χ4n) is 2.87. The Balaban J connectivity index is 1.57. The Morgan fingerprint density at radius 3 is 2.56 bits per heavy atom. The summed E-state index contributed by atoms with van der Waals surface area (Å²) in [6.07, 6.45) is 9.71. The molecule has 0 aromatic heterocycles. The van der Waals surface area contributed by atoms with Crippen molar-refractivity contribution in [2.45, 2.75) is 57.4 Å². The number of nitrogens with one attached hydrogen (secondary N) is 2. The summed E-state index contributed by atoms with van der Waals surface area (Å²) in [4.78, 5) is 11.8. The third kappa shape index (κ3) is 3.48. The van der Waals surface area contributed by atoms with Crippen LogP contribution in [0.1, 0.15) is 51.4 Å². The van der Waals surface area contributed by atoms with Crippen LogP contribution in [0.2, 0.25) is 0 Å². The van der Waals surface area contributed by atoms with Crippen LogP contribution in [-0.4, -0.2) is 25.0 Å². The predicted molar refractivity (Wildman–Crippen MR) is 65.2 cm³/mol. The first kappa shape index (κ1) is 11.9. The lowest BCUT2D eigenvalue weighted by atomic mass is 10.0. The Morgan fingerprint density at radius 1 is 1.12 bits per heavy atom. The molecule has 1 saturated heterocycles. The Kier molecular flexibility index (Phi) is 4.64. The summed E-state index contributed by atoms with van der Waals surface area (Å²) in [5.74, 6) is 0.618. The molecule has 2 aliphatic rings. The highest BCUT2D eigenvalue weighted by Crippen LogP contribution is 2.24. The SMILES string of the molecule is O=C(NCC[C@H]1CCCCN1)C1CCCC1. The fraction of sp³-hybridized carbons (Fsp3) is 0.923. The van der Waals surface area contributed by atoms with Gasteiger partial charge in [0.1, 0.15) is 0 Å². The van der Waals surface area contributed by atoms with Crippen LogP contribution >= 0.6 is 0 Å². The van der Waals surface area contributed by atoms with Crippen LogP contribution in [0.5, 0.6) is 0 Å². The molecule has 1 atom stereocenters. The van der Waals surface area contributed by atoms with E-state index >= 15 is 0 Å². The monoisotopic (exact) mass is 224 g/mol. The van der Waals surface area contributed by atoms with E-state index in [1.165, 1.54) is 32.1 Å². The van der Waals surface area contributed by atoms with Crippen LogP contribution in [0.3, 0.4) is 0 Å². The number of hydrogen-bond acceptors (Lipinski definition) is 2. The topological polar surface area (TPSA) is 41.1 Å². The van der Waals surface area contributed by atoms with E-state index in [4.69, 9.17) is 0 Å². The number of piperidine rings is 1. The van der Waals surface area contributed by atoms with E-state index in [1.807, 2.05) is 0 Å². The Hall–Kier alpha value is -0.570. The van der Waals surface area contributed by atoms with Crippen LogP contribution in [-0.2, 0) is 4.79 Å². The average Bonchev–Trinajstić information content (AvgIpc) is 2.84. The van der Waals surface area contributed by atoms with E-state index in [2.05, 4.69) is 10.6 Å². The summed E-state index contributed by atoms with van der Waals surface area (Å²) in [5, 5.41) is 6.60. The highest BCUT2D eigenvalue weighted by atomic mass is 16.1. The molecule has 0 radical (unpaired) electrons. The lowest BCUT2D eigenvalue weighted by molar-refractivity contribution is -0.124. The van der Waals surface area contributed by atoms with Crippen molar-refractivity contribution in [1.82, 2.24) is 10.6 Å². The van der Waals surface area contributed by atoms with E-state index in [9.17, 15) is 4.79 Å². The molecular weight excluding hydrogens is 200 g/mol. The number of hydrogen-bond donors (Lipinski definition) is 2. The molecule has 2 fully saturated rings. The number of amides is 1. The van der Waals surface area contributed by atoms with Gasteiger partial charge < -0.3 is 10.6 Å². The molecule has 0 aromatic rings. The molecule has 1 aliphatic carbocycles. The Labute approximate surface area is 98.4 Å². The molecule has 3 heteroatoms. The zero-order valence-electron chi connectivity index (χ0n) is 10.1. The summed E-state index contributed by atoms with van der Waals surface area (Å²) in [6.45, 7) is 2.01. The van der Waals surface area contributed by atoms with Gasteiger partial charge in [0.05, 0.1) is 0 Å². The van der Waals surface area contributed by atoms with Gasteiger partial charge in [-0.1, -0.05) is 19.3 Å². The van der Waals surface area contributed by atoms with E-state index in [0.717, 1.165) is 32.4 Å². The van der Waals surface area contributed by atoms with Gasteiger partial charge in [0.2, 0.25) is 5.91 Å². The molecule has 3 nitrogen and oxygen atoms in total. The quantitative estimate of drug-likeness (QED) is 0.765. The van der Waals surface area contributed by atoms with Gasteiger partial charge in [0.25, 0.3) is 0 Å². The average molecular weight is 224 g/mol. The van der Waals surface area contributed by atoms with Crippen molar-refractivity contribution in [2.24, 2.45) is 5.92 Å². The van der Waals surface area contributed by atoms with Crippen LogP contribution in [0.15, 0.2) is 0 Å². The summed E-state index contributed by atoms with van der Waals surface area (Å²) < 4.78 is 0. The molecule has 2 rings (SSSR count). The fourth-order valence-corrected chi connectivity index (χ4v) is 2.87. The minimum atomic E-state index is 0.299. The molecule has 0 aromatic carbocycles. The lowest BCUT2D eigenvalue weighted by Crippen LogP contribution is -2.38. The van der Waals surface area contributed by atoms with Crippen molar-refractivity contribution in [1.29, 1.82) is 0 Å². The summed E-state index contributed by atoms with van der Waals surface area (Å²) in [6, 6.07) is 0.637. The van der Waals surface area contributed by atoms with Crippen LogP contribution in [0, 0.1) is 5.92 Å². The summed E-state index contributed by atoms with van der Waals surface area (Å²) in [5.41, 5.74) is 0. The van der Waals surface area contributed by atoms with Crippen molar-refractivity contribution in [3.05, 3.63) is 0 Å². The maximum absolute atomic E-state index is 11.8. The normalized spacial score (nSPS) is 26.9. The molecule has 1 heterocycles. The first-order valence-corrected chi connectivity index (χ1v) is 6.87. The molecule has 1 amide bonds. The zero-order chi connectivity index (χ0) is 11.2. The highest BCUT2D eigenvalue weighted by molar-refractivity contribution is 5.78.